The van der Waals surface area contributed by atoms with Crippen LogP contribution >= 0.6 is 55.7 Å². The van der Waals surface area contributed by atoms with Crippen molar-refractivity contribution in [1.82, 2.24) is 0 Å². The Morgan fingerprint density at radius 1 is 1.67 bits per heavy atom. The zero-order valence-electron chi connectivity index (χ0n) is 12.1. The van der Waals surface area contributed by atoms with Crippen LogP contribution in [0.2, 0.25) is 0 Å². The summed E-state index contributed by atoms with van der Waals surface area (Å²) in [7, 11) is -0.180. The van der Waals surface area contributed by atoms with Crippen molar-refractivity contribution in [3.05, 3.63) is 0 Å². The van der Waals surface area contributed by atoms with E-state index in [2.05, 4.69) is 43.7 Å². The molecular weight excluding hydrogens is 441 g/mol. The predicted molar refractivity (Wildman–Crippen MR) is 96.5 cm³/mol. The van der Waals surface area contributed by atoms with Gasteiger partial charge in [-0.15, -0.1) is 8.87 Å². The highest BCUT2D eigenvalue weighted by Gasteiger charge is 2.12. The molecule has 1 rings (SSSR count). The van der Waals surface area contributed by atoms with Crippen molar-refractivity contribution in [1.29, 1.82) is 2.56 Å². The second-order valence-corrected chi connectivity index (χ2v) is 9.26. The van der Waals surface area contributed by atoms with Crippen LogP contribution in [0.5, 0.6) is 0 Å². The second kappa shape index (κ2) is 21.5. The van der Waals surface area contributed by atoms with Crippen LogP contribution in [0.3, 0.4) is 0 Å². The smallest absolute Gasteiger partial charge is 0.157 e. The number of halogens is 2. The molecule has 1 fully saturated rings. The summed E-state index contributed by atoms with van der Waals surface area (Å²) in [5.74, 6) is 0. The summed E-state index contributed by atoms with van der Waals surface area (Å²) in [5, 5.41) is 9.41. The molecule has 0 aliphatic carbocycles. The van der Waals surface area contributed by atoms with Gasteiger partial charge in [-0.3, -0.25) is 0 Å². The SMILES string of the molecule is BrCCOC1CCCCO1.OCCBr.[2H]PP([3H])P=S. The molecule has 1 N–H and O–H groups in total. The summed E-state index contributed by atoms with van der Waals surface area (Å²) in [6.07, 6.45) is 3.57. The first-order valence-corrected chi connectivity index (χ1v) is 12.5. The third kappa shape index (κ3) is 20.5. The highest BCUT2D eigenvalue weighted by atomic mass is 79.9. The van der Waals surface area contributed by atoms with Crippen molar-refractivity contribution in [2.75, 3.05) is 30.5 Å². The van der Waals surface area contributed by atoms with E-state index in [4.69, 9.17) is 17.1 Å². The average molecular weight is 465 g/mol. The Morgan fingerprint density at radius 3 is 2.72 bits per heavy atom. The molecule has 9 heteroatoms. The molecule has 0 aromatic heterocycles. The molecule has 0 radical (unpaired) electrons. The fraction of sp³-hybridized carbons (Fsp3) is 1.00. The van der Waals surface area contributed by atoms with Gasteiger partial charge in [-0.1, -0.05) is 43.7 Å². The van der Waals surface area contributed by atoms with Crippen LogP contribution in [-0.4, -0.2) is 44.4 Å². The highest BCUT2D eigenvalue weighted by Crippen LogP contribution is 2.34. The molecule has 0 aromatic carbocycles. The van der Waals surface area contributed by atoms with Gasteiger partial charge in [0.25, 0.3) is 0 Å². The topological polar surface area (TPSA) is 38.7 Å². The molecule has 1 saturated heterocycles. The predicted octanol–water partition coefficient (Wildman–Crippen LogP) is 4.08. The Bertz CT molecular complexity index is 207. The quantitative estimate of drug-likeness (QED) is 0.475. The summed E-state index contributed by atoms with van der Waals surface area (Å²) < 4.78 is 24.1. The molecule has 0 saturated carbocycles. The minimum Gasteiger partial charge on any atom is -0.396 e. The van der Waals surface area contributed by atoms with Crippen LogP contribution in [0.15, 0.2) is 0 Å². The van der Waals surface area contributed by atoms with E-state index >= 15 is 0 Å². The lowest BCUT2D eigenvalue weighted by molar-refractivity contribution is -0.158. The van der Waals surface area contributed by atoms with E-state index in [0.29, 0.717) is 12.4 Å². The van der Waals surface area contributed by atoms with Crippen LogP contribution in [0.4, 0.5) is 0 Å². The molecule has 3 atom stereocenters. The monoisotopic (exact) mass is 463 g/mol. The molecule has 0 amide bonds. The number of hydrogen-bond donors (Lipinski definition) is 1. The van der Waals surface area contributed by atoms with E-state index < -0.39 is 7.90 Å². The van der Waals surface area contributed by atoms with Gasteiger partial charge in [-0.25, -0.2) is 0 Å². The van der Waals surface area contributed by atoms with E-state index in [0.717, 1.165) is 25.0 Å². The standard InChI is InChI=1S/C7H13BrO2.C2H5BrO.H3P3S/c8-4-6-10-7-3-1-2-5-9-7;3-1-2-4;1-2-3-4/h7H,1-6H2;4H,1-2H2;2H,1H2/i;;1D,2T. The van der Waals surface area contributed by atoms with E-state index in [1.807, 2.05) is 0 Å². The van der Waals surface area contributed by atoms with Gasteiger partial charge < -0.3 is 14.6 Å². The van der Waals surface area contributed by atoms with Gasteiger partial charge >= 0.3 is 0 Å². The summed E-state index contributed by atoms with van der Waals surface area (Å²) in [5.41, 5.74) is 0. The Balaban J connectivity index is 0. The van der Waals surface area contributed by atoms with Crippen LogP contribution in [-0.2, 0) is 21.3 Å². The van der Waals surface area contributed by atoms with Crippen LogP contribution < -0.4 is 0 Å². The molecule has 3 unspecified atom stereocenters. The number of hydrogen-bond acceptors (Lipinski definition) is 4. The van der Waals surface area contributed by atoms with Crippen molar-refractivity contribution in [3.8, 4) is 0 Å². The zero-order chi connectivity index (χ0) is 15.6. The summed E-state index contributed by atoms with van der Waals surface area (Å²) in [4.78, 5) is 0. The molecule has 1 aliphatic heterocycles. The van der Waals surface area contributed by atoms with Crippen molar-refractivity contribution >= 4 is 67.5 Å². The van der Waals surface area contributed by atoms with E-state index in [1.54, 1.807) is 0 Å². The van der Waals surface area contributed by atoms with Gasteiger partial charge in [0.1, 0.15) is 0 Å². The summed E-state index contributed by atoms with van der Waals surface area (Å²) >= 11 is 10.8. The minimum atomic E-state index is -0.845. The second-order valence-electron chi connectivity index (χ2n) is 2.95. The van der Waals surface area contributed by atoms with Crippen molar-refractivity contribution in [3.63, 3.8) is 0 Å². The molecule has 110 valence electrons. The van der Waals surface area contributed by atoms with E-state index in [9.17, 15) is 0 Å². The lowest BCUT2D eigenvalue weighted by Gasteiger charge is -2.22. The van der Waals surface area contributed by atoms with Crippen LogP contribution in [0.25, 0.3) is 0 Å². The van der Waals surface area contributed by atoms with E-state index in [-0.39, 0.29) is 21.8 Å². The number of rotatable bonds is 6. The average Bonchev–Trinajstić information content (AvgIpc) is 2.53. The molecule has 0 spiro atoms. The Labute approximate surface area is 140 Å². The van der Waals surface area contributed by atoms with Crippen molar-refractivity contribution < 1.29 is 14.6 Å². The maximum absolute atomic E-state index is 7.83. The molecule has 3 nitrogen and oxygen atoms in total. The number of ether oxygens (including phenoxy) is 2. The van der Waals surface area contributed by atoms with Gasteiger partial charge in [0.05, 0.1) is 15.8 Å². The first kappa shape index (κ1) is 18.3. The molecule has 0 aromatic rings. The maximum Gasteiger partial charge on any atom is 0.157 e. The number of alkyl halides is 2. The Hall–Kier alpha value is 2.22. The fourth-order valence-electron chi connectivity index (χ4n) is 1.02. The van der Waals surface area contributed by atoms with Crippen molar-refractivity contribution in [2.24, 2.45) is 0 Å². The minimum absolute atomic E-state index is 0.00347. The van der Waals surface area contributed by atoms with Gasteiger partial charge in [-0.2, -0.15) is 0 Å². The molecule has 1 heterocycles. The lowest BCUT2D eigenvalue weighted by Crippen LogP contribution is -2.22. The third-order valence-electron chi connectivity index (χ3n) is 1.64. The van der Waals surface area contributed by atoms with Crippen LogP contribution in [0, 0.1) is 0 Å². The molecule has 18 heavy (non-hydrogen) atoms. The van der Waals surface area contributed by atoms with Gasteiger partial charge in [0.2, 0.25) is 0 Å². The molecule has 0 bridgehead atoms. The van der Waals surface area contributed by atoms with Gasteiger partial charge in [0.15, 0.2) is 6.29 Å². The highest BCUT2D eigenvalue weighted by molar-refractivity contribution is 9.09. The lowest BCUT2D eigenvalue weighted by atomic mass is 10.2. The van der Waals surface area contributed by atoms with Gasteiger partial charge in [0, 0.05) is 24.3 Å². The number of aliphatic hydroxyl groups is 1. The Kier molecular flexibility index (Phi) is 21.8. The van der Waals surface area contributed by atoms with Crippen LogP contribution in [0.1, 0.15) is 19.3 Å². The Morgan fingerprint density at radius 2 is 2.39 bits per heavy atom. The summed E-state index contributed by atoms with van der Waals surface area (Å²) in [6, 6.07) is 0. The number of aliphatic hydroxyl groups excluding tert-OH is 1. The molecule has 1 aliphatic rings. The van der Waals surface area contributed by atoms with Crippen molar-refractivity contribution in [2.45, 2.75) is 25.6 Å². The largest absolute Gasteiger partial charge is 0.396 e. The van der Waals surface area contributed by atoms with Gasteiger partial charge in [-0.05, 0) is 27.2 Å². The fourth-order valence-corrected chi connectivity index (χ4v) is 1.21. The first-order chi connectivity index (χ1) is 9.65. The normalized spacial score (nSPS) is 22.3. The zero-order valence-corrected chi connectivity index (χ0v) is 16.8. The first-order valence-electron chi connectivity index (χ1n) is 6.36. The molecular formula is C9H21Br2O3P3S. The van der Waals surface area contributed by atoms with E-state index in [1.165, 1.54) is 12.8 Å². The third-order valence-corrected chi connectivity index (χ3v) is 5.59. The maximum atomic E-state index is 7.83. The summed E-state index contributed by atoms with van der Waals surface area (Å²) in [6.45, 7) is 1.86.